The third-order valence-electron chi connectivity index (χ3n) is 0.424. The fourth-order valence-electron chi connectivity index (χ4n) is 0.124. The Bertz CT molecular complexity index is 169. The molecule has 0 atom stereocenters. The van der Waals surface area contributed by atoms with Gasteiger partial charge in [0.2, 0.25) is 0 Å². The van der Waals surface area contributed by atoms with Crippen molar-refractivity contribution < 1.29 is 39.5 Å². The summed E-state index contributed by atoms with van der Waals surface area (Å²) in [6.45, 7) is -2.23. The van der Waals surface area contributed by atoms with Gasteiger partial charge in [0.1, 0.15) is 0 Å². The molecule has 0 aromatic heterocycles. The smallest absolute Gasteiger partial charge is 0.241 e. The molecule has 0 spiro atoms. The average molecular weight is 234 g/mol. The summed E-state index contributed by atoms with van der Waals surface area (Å²) >= 11 is 0. The Labute approximate surface area is 72.0 Å². The zero-order valence-corrected chi connectivity index (χ0v) is 6.19. The minimum atomic E-state index is -4.89. The Hall–Kier alpha value is -0.890. The van der Waals surface area contributed by atoms with Crippen molar-refractivity contribution in [2.24, 2.45) is 0 Å². The molecule has 0 bridgehead atoms. The number of alkyl halides is 7. The topological polar surface area (TPSA) is 0 Å². The highest BCUT2D eigenvalue weighted by Gasteiger charge is 2.26. The van der Waals surface area contributed by atoms with E-state index in [1.165, 1.54) is 0 Å². The highest BCUT2D eigenvalue weighted by atomic mass is 19.4. The minimum Gasteiger partial charge on any atom is -0.241 e. The van der Waals surface area contributed by atoms with Gasteiger partial charge < -0.3 is 0 Å². The first kappa shape index (κ1) is 15.6. The van der Waals surface area contributed by atoms with Crippen LogP contribution in [-0.4, -0.2) is 19.0 Å². The van der Waals surface area contributed by atoms with Gasteiger partial charge in [0.25, 0.3) is 6.08 Å². The average Bonchev–Trinajstić information content (AvgIpc) is 1.81. The van der Waals surface area contributed by atoms with Gasteiger partial charge in [-0.05, 0) is 0 Å². The molecule has 14 heavy (non-hydrogen) atoms. The Morgan fingerprint density at radius 3 is 1.21 bits per heavy atom. The van der Waals surface area contributed by atoms with Crippen LogP contribution in [0, 0.1) is 0 Å². The molecule has 0 unspecified atom stereocenters. The first-order valence-electron chi connectivity index (χ1n) is 2.71. The Balaban J connectivity index is 0. The van der Waals surface area contributed by atoms with Gasteiger partial charge in [-0.1, -0.05) is 0 Å². The van der Waals surface area contributed by atoms with Crippen molar-refractivity contribution >= 4 is 0 Å². The summed E-state index contributed by atoms with van der Waals surface area (Å²) in [7, 11) is 0. The van der Waals surface area contributed by atoms with Gasteiger partial charge >= 0.3 is 12.4 Å². The quantitative estimate of drug-likeness (QED) is 0.558. The molecular weight excluding hydrogens is 231 g/mol. The number of rotatable bonds is 0. The van der Waals surface area contributed by atoms with Crippen molar-refractivity contribution in [3.63, 3.8) is 0 Å². The molecule has 0 radical (unpaired) electrons. The summed E-state index contributed by atoms with van der Waals surface area (Å²) in [5.74, 6) is 0. The van der Waals surface area contributed by atoms with E-state index in [-0.39, 0.29) is 0 Å². The zero-order chi connectivity index (χ0) is 12.0. The number of halogens is 9. The zero-order valence-electron chi connectivity index (χ0n) is 6.19. The Morgan fingerprint density at radius 1 is 0.929 bits per heavy atom. The molecule has 9 heteroatoms. The van der Waals surface area contributed by atoms with E-state index in [4.69, 9.17) is 0 Å². The highest BCUT2D eigenvalue weighted by Crippen LogP contribution is 2.19. The summed E-state index contributed by atoms with van der Waals surface area (Å²) in [6, 6.07) is 0. The van der Waals surface area contributed by atoms with Crippen molar-refractivity contribution in [2.75, 3.05) is 6.67 Å². The molecule has 0 aliphatic heterocycles. The summed E-state index contributed by atoms with van der Waals surface area (Å²) < 4.78 is 95.2. The van der Waals surface area contributed by atoms with E-state index in [0.29, 0.717) is 0 Å². The fraction of sp³-hybridized carbons (Fsp3) is 0.600. The summed E-state index contributed by atoms with van der Waals surface area (Å²) in [5, 5.41) is 0. The molecule has 86 valence electrons. The lowest BCUT2D eigenvalue weighted by atomic mass is 10.6. The van der Waals surface area contributed by atoms with Crippen molar-refractivity contribution in [1.29, 1.82) is 0 Å². The van der Waals surface area contributed by atoms with E-state index in [0.717, 1.165) is 0 Å². The summed E-state index contributed by atoms with van der Waals surface area (Å²) in [6.07, 6.45) is -13.3. The molecular formula is C5H3F9. The summed E-state index contributed by atoms with van der Waals surface area (Å²) in [5.41, 5.74) is 0. The Morgan fingerprint density at radius 2 is 1.21 bits per heavy atom. The highest BCUT2D eigenvalue weighted by molar-refractivity contribution is 4.87. The van der Waals surface area contributed by atoms with Crippen LogP contribution >= 0.6 is 0 Å². The lowest BCUT2D eigenvalue weighted by Crippen LogP contribution is -2.08. The maximum Gasteiger partial charge on any atom is 0.416 e. The maximum absolute atomic E-state index is 10.8. The second kappa shape index (κ2) is 5.76. The van der Waals surface area contributed by atoms with Gasteiger partial charge in [0.15, 0.2) is 6.67 Å². The molecule has 0 heterocycles. The van der Waals surface area contributed by atoms with E-state index in [2.05, 4.69) is 0 Å². The van der Waals surface area contributed by atoms with Crippen LogP contribution in [0.4, 0.5) is 39.5 Å². The van der Waals surface area contributed by atoms with Crippen LogP contribution in [0.1, 0.15) is 0 Å². The minimum absolute atomic E-state index is 1.06. The van der Waals surface area contributed by atoms with Crippen LogP contribution in [-0.2, 0) is 0 Å². The molecule has 0 N–H and O–H groups in total. The van der Waals surface area contributed by atoms with Crippen LogP contribution in [0.25, 0.3) is 0 Å². The van der Waals surface area contributed by atoms with Crippen LogP contribution in [0.15, 0.2) is 12.2 Å². The van der Waals surface area contributed by atoms with Gasteiger partial charge in [-0.25, -0.2) is 4.39 Å². The first-order chi connectivity index (χ1) is 5.98. The second-order valence-electron chi connectivity index (χ2n) is 1.72. The van der Waals surface area contributed by atoms with Crippen LogP contribution in [0.3, 0.4) is 0 Å². The largest absolute Gasteiger partial charge is 0.416 e. The van der Waals surface area contributed by atoms with E-state index in [1.807, 2.05) is 0 Å². The molecule has 0 aromatic carbocycles. The van der Waals surface area contributed by atoms with Crippen LogP contribution < -0.4 is 0 Å². The SMILES string of the molecule is FC(F)=CC(F)(F)F.FCC(F)(F)F. The van der Waals surface area contributed by atoms with Gasteiger partial charge in [0, 0.05) is 0 Å². The maximum atomic E-state index is 10.8. The van der Waals surface area contributed by atoms with E-state index in [1.54, 1.807) is 0 Å². The van der Waals surface area contributed by atoms with Gasteiger partial charge in [0.05, 0.1) is 6.08 Å². The normalized spacial score (nSPS) is 11.5. The predicted octanol–water partition coefficient (Wildman–Crippen LogP) is 3.85. The molecule has 0 saturated carbocycles. The van der Waals surface area contributed by atoms with Gasteiger partial charge in [-0.3, -0.25) is 0 Å². The van der Waals surface area contributed by atoms with Crippen molar-refractivity contribution in [1.82, 2.24) is 0 Å². The molecule has 0 aliphatic carbocycles. The van der Waals surface area contributed by atoms with E-state index >= 15 is 0 Å². The van der Waals surface area contributed by atoms with Crippen molar-refractivity contribution in [3.05, 3.63) is 12.2 Å². The first-order valence-corrected chi connectivity index (χ1v) is 2.71. The predicted molar refractivity (Wildman–Crippen MR) is 28.4 cm³/mol. The monoisotopic (exact) mass is 234 g/mol. The third kappa shape index (κ3) is 22.5. The van der Waals surface area contributed by atoms with E-state index < -0.39 is 31.2 Å². The molecule has 0 saturated heterocycles. The van der Waals surface area contributed by atoms with Gasteiger partial charge in [-0.15, -0.1) is 0 Å². The molecule has 0 rings (SSSR count). The second-order valence-corrected chi connectivity index (χ2v) is 1.72. The standard InChI is InChI=1S/C3HF5.C2H2F4/c4-2(5)1-3(6,7)8;3-1-2(4,5)6/h1H;1H2. The van der Waals surface area contributed by atoms with Crippen molar-refractivity contribution in [3.8, 4) is 0 Å². The van der Waals surface area contributed by atoms with Crippen molar-refractivity contribution in [2.45, 2.75) is 12.4 Å². The van der Waals surface area contributed by atoms with Gasteiger partial charge in [-0.2, -0.15) is 35.1 Å². The van der Waals surface area contributed by atoms with Crippen LogP contribution in [0.5, 0.6) is 0 Å². The number of hydrogen-bond donors (Lipinski definition) is 0. The number of hydrogen-bond acceptors (Lipinski definition) is 0. The molecule has 0 amide bonds. The number of allylic oxidation sites excluding steroid dienone is 1. The molecule has 0 fully saturated rings. The molecule has 0 nitrogen and oxygen atoms in total. The van der Waals surface area contributed by atoms with E-state index in [9.17, 15) is 39.5 Å². The summed E-state index contributed by atoms with van der Waals surface area (Å²) in [4.78, 5) is 0. The lowest BCUT2D eigenvalue weighted by Gasteiger charge is -1.93. The van der Waals surface area contributed by atoms with Crippen LogP contribution in [0.2, 0.25) is 0 Å². The third-order valence-corrected chi connectivity index (χ3v) is 0.424. The fourth-order valence-corrected chi connectivity index (χ4v) is 0.124. The Kier molecular flexibility index (Phi) is 6.41. The molecule has 0 aliphatic rings. The lowest BCUT2D eigenvalue weighted by molar-refractivity contribution is -0.142. The molecule has 0 aromatic rings.